The first-order valence-corrected chi connectivity index (χ1v) is 11.9. The molecule has 0 N–H and O–H groups in total. The second kappa shape index (κ2) is 8.53. The van der Waals surface area contributed by atoms with Gasteiger partial charge in [0.25, 0.3) is 0 Å². The lowest BCUT2D eigenvalue weighted by atomic mass is 9.85. The Morgan fingerprint density at radius 2 is 1.79 bits per heavy atom. The summed E-state index contributed by atoms with van der Waals surface area (Å²) in [6, 6.07) is 8.83. The second-order valence-corrected chi connectivity index (χ2v) is 9.60. The van der Waals surface area contributed by atoms with Crippen LogP contribution in [0.15, 0.2) is 35.2 Å². The minimum absolute atomic E-state index is 0.299. The highest BCUT2D eigenvalue weighted by Gasteiger charge is 2.48. The van der Waals surface area contributed by atoms with E-state index >= 15 is 0 Å². The van der Waals surface area contributed by atoms with Crippen molar-refractivity contribution in [2.75, 3.05) is 6.26 Å². The summed E-state index contributed by atoms with van der Waals surface area (Å²) in [5.74, 6) is 0.474. The Bertz CT molecular complexity index is 934. The molecule has 154 valence electrons. The molecule has 2 aromatic carbocycles. The monoisotopic (exact) mass is 432 g/mol. The molecule has 1 fully saturated rings. The zero-order chi connectivity index (χ0) is 20.4. The standard InChI is InChI=1S/C20H23F3O3S2/c1-27-19-13-17-11-15(8-7-14-5-3-2-4-6-14)9-10-16(17)12-18(19)26-28(24,25)20(21,22)23/h9-14H,2-8H2,1H3. The average Bonchev–Trinajstić information content (AvgIpc) is 2.65. The predicted octanol–water partition coefficient (Wildman–Crippen LogP) is 6.30. The molecular formula is C20H23F3O3S2. The molecule has 0 aromatic heterocycles. The molecule has 0 saturated heterocycles. The smallest absolute Gasteiger partial charge is 0.375 e. The molecule has 0 heterocycles. The normalized spacial score (nSPS) is 16.4. The molecule has 0 unspecified atom stereocenters. The van der Waals surface area contributed by atoms with Gasteiger partial charge in [0.1, 0.15) is 0 Å². The molecule has 3 rings (SSSR count). The fourth-order valence-corrected chi connectivity index (χ4v) is 4.77. The molecular weight excluding hydrogens is 409 g/mol. The molecule has 1 aliphatic carbocycles. The van der Waals surface area contributed by atoms with E-state index < -0.39 is 15.6 Å². The van der Waals surface area contributed by atoms with Crippen LogP contribution in [0.1, 0.15) is 44.1 Å². The summed E-state index contributed by atoms with van der Waals surface area (Å²) in [5, 5.41) is 1.51. The minimum Gasteiger partial charge on any atom is -0.375 e. The number of fused-ring (bicyclic) bond motifs is 1. The van der Waals surface area contributed by atoms with Crippen molar-refractivity contribution in [1.82, 2.24) is 0 Å². The summed E-state index contributed by atoms with van der Waals surface area (Å²) in [6.07, 6.45) is 10.3. The van der Waals surface area contributed by atoms with E-state index in [0.29, 0.717) is 10.3 Å². The fraction of sp³-hybridized carbons (Fsp3) is 0.500. The van der Waals surface area contributed by atoms with Crippen molar-refractivity contribution in [3.8, 4) is 5.75 Å². The number of hydrogen-bond acceptors (Lipinski definition) is 4. The van der Waals surface area contributed by atoms with Crippen LogP contribution in [0.3, 0.4) is 0 Å². The quantitative estimate of drug-likeness (QED) is 0.305. The fourth-order valence-electron chi connectivity index (χ4n) is 3.70. The number of hydrogen-bond donors (Lipinski definition) is 0. The Hall–Kier alpha value is -1.41. The first kappa shape index (κ1) is 21.3. The predicted molar refractivity (Wildman–Crippen MR) is 106 cm³/mol. The summed E-state index contributed by atoms with van der Waals surface area (Å²) < 4.78 is 65.0. The molecule has 1 saturated carbocycles. The third kappa shape index (κ3) is 4.95. The maximum Gasteiger partial charge on any atom is 0.534 e. The van der Waals surface area contributed by atoms with Gasteiger partial charge in [0, 0.05) is 0 Å². The van der Waals surface area contributed by atoms with Gasteiger partial charge in [-0.3, -0.25) is 0 Å². The largest absolute Gasteiger partial charge is 0.534 e. The van der Waals surface area contributed by atoms with Crippen LogP contribution in [0, 0.1) is 5.92 Å². The molecule has 0 aliphatic heterocycles. The molecule has 1 aliphatic rings. The highest BCUT2D eigenvalue weighted by atomic mass is 32.2. The highest BCUT2D eigenvalue weighted by Crippen LogP contribution is 2.36. The van der Waals surface area contributed by atoms with Gasteiger partial charge in [-0.05, 0) is 53.5 Å². The number of alkyl halides is 3. The average molecular weight is 433 g/mol. The van der Waals surface area contributed by atoms with E-state index in [1.165, 1.54) is 43.7 Å². The molecule has 0 bridgehead atoms. The van der Waals surface area contributed by atoms with Crippen LogP contribution in [0.25, 0.3) is 10.8 Å². The van der Waals surface area contributed by atoms with Gasteiger partial charge in [0.05, 0.1) is 4.90 Å². The number of rotatable bonds is 6. The van der Waals surface area contributed by atoms with Gasteiger partial charge in [-0.25, -0.2) is 0 Å². The molecule has 28 heavy (non-hydrogen) atoms. The lowest BCUT2D eigenvalue weighted by Crippen LogP contribution is -2.28. The van der Waals surface area contributed by atoms with Crippen molar-refractivity contribution in [2.24, 2.45) is 5.92 Å². The van der Waals surface area contributed by atoms with Gasteiger partial charge in [0.15, 0.2) is 5.75 Å². The molecule has 0 spiro atoms. The van der Waals surface area contributed by atoms with Gasteiger partial charge in [-0.1, -0.05) is 50.3 Å². The molecule has 0 amide bonds. The molecule has 3 nitrogen and oxygen atoms in total. The van der Waals surface area contributed by atoms with Crippen LogP contribution in [-0.2, 0) is 16.5 Å². The SMILES string of the molecule is CSc1cc2cc(CCC3CCCCC3)ccc2cc1OS(=O)(=O)C(F)(F)F. The number of thioether (sulfide) groups is 1. The maximum absolute atomic E-state index is 12.6. The first-order chi connectivity index (χ1) is 13.2. The minimum atomic E-state index is -5.69. The summed E-state index contributed by atoms with van der Waals surface area (Å²) in [7, 11) is -5.69. The van der Waals surface area contributed by atoms with E-state index in [9.17, 15) is 21.6 Å². The van der Waals surface area contributed by atoms with Gasteiger partial charge < -0.3 is 4.18 Å². The van der Waals surface area contributed by atoms with Crippen molar-refractivity contribution in [3.63, 3.8) is 0 Å². The third-order valence-electron chi connectivity index (χ3n) is 5.24. The molecule has 8 heteroatoms. The van der Waals surface area contributed by atoms with Gasteiger partial charge in [0.2, 0.25) is 0 Å². The maximum atomic E-state index is 12.6. The van der Waals surface area contributed by atoms with Gasteiger partial charge >= 0.3 is 15.6 Å². The second-order valence-electron chi connectivity index (χ2n) is 7.21. The van der Waals surface area contributed by atoms with E-state index in [1.54, 1.807) is 12.3 Å². The van der Waals surface area contributed by atoms with Crippen LogP contribution in [0.2, 0.25) is 0 Å². The Labute approximate surface area is 167 Å². The Balaban J connectivity index is 1.83. The lowest BCUT2D eigenvalue weighted by Gasteiger charge is -2.21. The van der Waals surface area contributed by atoms with E-state index in [1.807, 2.05) is 18.2 Å². The topological polar surface area (TPSA) is 43.4 Å². The first-order valence-electron chi connectivity index (χ1n) is 9.31. The van der Waals surface area contributed by atoms with Crippen LogP contribution in [0.5, 0.6) is 5.75 Å². The molecule has 0 radical (unpaired) electrons. The Kier molecular flexibility index (Phi) is 6.49. The van der Waals surface area contributed by atoms with Crippen molar-refractivity contribution in [3.05, 3.63) is 35.9 Å². The van der Waals surface area contributed by atoms with E-state index in [2.05, 4.69) is 4.18 Å². The third-order valence-corrected chi connectivity index (χ3v) is 6.96. The van der Waals surface area contributed by atoms with Crippen molar-refractivity contribution in [1.29, 1.82) is 0 Å². The van der Waals surface area contributed by atoms with E-state index in [-0.39, 0.29) is 5.75 Å². The molecule has 2 aromatic rings. The van der Waals surface area contributed by atoms with E-state index in [4.69, 9.17) is 0 Å². The number of aryl methyl sites for hydroxylation is 1. The summed E-state index contributed by atoms with van der Waals surface area (Å²) in [6.45, 7) is 0. The summed E-state index contributed by atoms with van der Waals surface area (Å²) in [4.78, 5) is 0.352. The van der Waals surface area contributed by atoms with Crippen molar-refractivity contribution in [2.45, 2.75) is 55.3 Å². The number of benzene rings is 2. The zero-order valence-corrected chi connectivity index (χ0v) is 17.2. The van der Waals surface area contributed by atoms with Crippen LogP contribution >= 0.6 is 11.8 Å². The van der Waals surface area contributed by atoms with Crippen LogP contribution in [-0.4, -0.2) is 20.2 Å². The van der Waals surface area contributed by atoms with E-state index in [0.717, 1.165) is 35.9 Å². The van der Waals surface area contributed by atoms with Gasteiger partial charge in [-0.15, -0.1) is 11.8 Å². The zero-order valence-electron chi connectivity index (χ0n) is 15.6. The van der Waals surface area contributed by atoms with Crippen molar-refractivity contribution >= 4 is 32.7 Å². The summed E-state index contributed by atoms with van der Waals surface area (Å²) >= 11 is 1.15. The summed E-state index contributed by atoms with van der Waals surface area (Å²) in [5.41, 5.74) is -4.28. The van der Waals surface area contributed by atoms with Crippen LogP contribution < -0.4 is 4.18 Å². The Morgan fingerprint density at radius 1 is 1.07 bits per heavy atom. The Morgan fingerprint density at radius 3 is 2.43 bits per heavy atom. The molecule has 0 atom stereocenters. The van der Waals surface area contributed by atoms with Gasteiger partial charge in [-0.2, -0.15) is 21.6 Å². The number of halogens is 3. The highest BCUT2D eigenvalue weighted by molar-refractivity contribution is 7.98. The van der Waals surface area contributed by atoms with Crippen LogP contribution in [0.4, 0.5) is 13.2 Å². The lowest BCUT2D eigenvalue weighted by molar-refractivity contribution is -0.0500. The van der Waals surface area contributed by atoms with Crippen molar-refractivity contribution < 1.29 is 25.8 Å².